The molecule has 3 rings (SSSR count). The lowest BCUT2D eigenvalue weighted by Crippen LogP contribution is -2.23. The fraction of sp³-hybridized carbons (Fsp3) is 0. The zero-order chi connectivity index (χ0) is 17.1. The number of rotatable bonds is 3. The van der Waals surface area contributed by atoms with Crippen LogP contribution in [0, 0.1) is 0 Å². The van der Waals surface area contributed by atoms with E-state index in [2.05, 4.69) is 26.2 Å². The van der Waals surface area contributed by atoms with Crippen LogP contribution >= 0.6 is 27.7 Å². The monoisotopic (exact) mass is 401 g/mol. The number of amides is 1. The van der Waals surface area contributed by atoms with Crippen molar-refractivity contribution in [3.8, 4) is 0 Å². The normalized spacial score (nSPS) is 17.3. The first-order valence-corrected chi connectivity index (χ1v) is 8.49. The molecule has 0 aromatic heterocycles. The number of hydrogen-bond donors (Lipinski definition) is 1. The number of nitrogens with one attached hydrogen (secondary N) is 1. The van der Waals surface area contributed by atoms with E-state index in [-0.39, 0.29) is 17.2 Å². The number of nitrogens with zero attached hydrogens (tertiary/aromatic N) is 1. The molecular formula is C17H10BrN2O3S-. The van der Waals surface area contributed by atoms with Crippen LogP contribution < -0.4 is 10.4 Å². The molecule has 0 unspecified atom stereocenters. The summed E-state index contributed by atoms with van der Waals surface area (Å²) in [5.74, 6) is -1.58. The molecule has 2 aromatic rings. The van der Waals surface area contributed by atoms with Crippen LogP contribution in [0.1, 0.15) is 15.9 Å². The van der Waals surface area contributed by atoms with Crippen molar-refractivity contribution in [3.63, 3.8) is 0 Å². The minimum atomic E-state index is -1.31. The molecule has 120 valence electrons. The molecule has 1 heterocycles. The first kappa shape index (κ1) is 16.5. The summed E-state index contributed by atoms with van der Waals surface area (Å²) in [6.07, 6.45) is 1.75. The zero-order valence-electron chi connectivity index (χ0n) is 12.2. The summed E-state index contributed by atoms with van der Waals surface area (Å²) in [5.41, 5.74) is 1.10. The fourth-order valence-corrected chi connectivity index (χ4v) is 3.14. The number of aliphatic imine (C=N–C) groups is 1. The van der Waals surface area contributed by atoms with Crippen LogP contribution in [0.25, 0.3) is 6.08 Å². The van der Waals surface area contributed by atoms with Gasteiger partial charge in [-0.25, -0.2) is 4.99 Å². The number of carbonyl (C=O) groups is 2. The quantitative estimate of drug-likeness (QED) is 0.801. The van der Waals surface area contributed by atoms with Crippen LogP contribution in [0.15, 0.2) is 62.9 Å². The summed E-state index contributed by atoms with van der Waals surface area (Å²) in [7, 11) is 0. The van der Waals surface area contributed by atoms with Crippen LogP contribution in [0.3, 0.4) is 0 Å². The number of hydrogen-bond acceptors (Lipinski definition) is 5. The molecule has 1 amide bonds. The molecule has 0 bridgehead atoms. The van der Waals surface area contributed by atoms with Crippen molar-refractivity contribution >= 4 is 56.5 Å². The van der Waals surface area contributed by atoms with Crippen LogP contribution in [0.5, 0.6) is 0 Å². The number of carboxylic acids is 1. The average Bonchev–Trinajstić information content (AvgIpc) is 2.89. The Hall–Kier alpha value is -2.38. The van der Waals surface area contributed by atoms with E-state index in [0.29, 0.717) is 10.1 Å². The summed E-state index contributed by atoms with van der Waals surface area (Å²) < 4.78 is 0.953. The first-order valence-electron chi connectivity index (χ1n) is 6.88. The van der Waals surface area contributed by atoms with Crippen molar-refractivity contribution in [2.24, 2.45) is 4.99 Å². The van der Waals surface area contributed by atoms with E-state index in [0.717, 1.165) is 21.8 Å². The van der Waals surface area contributed by atoms with Gasteiger partial charge in [-0.15, -0.1) is 0 Å². The molecular weight excluding hydrogens is 392 g/mol. The Balaban J connectivity index is 1.87. The lowest BCUT2D eigenvalue weighted by molar-refractivity contribution is -0.254. The Morgan fingerprint density at radius 1 is 1.17 bits per heavy atom. The second-order valence-corrected chi connectivity index (χ2v) is 6.78. The molecule has 0 atom stereocenters. The highest BCUT2D eigenvalue weighted by atomic mass is 79.9. The molecule has 1 N–H and O–H groups in total. The van der Waals surface area contributed by atoms with Gasteiger partial charge in [-0.3, -0.25) is 4.79 Å². The van der Waals surface area contributed by atoms with Gasteiger partial charge >= 0.3 is 0 Å². The Kier molecular flexibility index (Phi) is 4.82. The van der Waals surface area contributed by atoms with Crippen LogP contribution in [0.2, 0.25) is 0 Å². The summed E-state index contributed by atoms with van der Waals surface area (Å²) >= 11 is 4.52. The first-order chi connectivity index (χ1) is 11.5. The van der Waals surface area contributed by atoms with Crippen LogP contribution in [-0.2, 0) is 4.79 Å². The van der Waals surface area contributed by atoms with E-state index < -0.39 is 5.97 Å². The molecule has 5 nitrogen and oxygen atoms in total. The molecule has 7 heteroatoms. The van der Waals surface area contributed by atoms with Crippen molar-refractivity contribution in [3.05, 3.63) is 69.0 Å². The van der Waals surface area contributed by atoms with Gasteiger partial charge in [-0.2, -0.15) is 0 Å². The summed E-state index contributed by atoms with van der Waals surface area (Å²) in [6, 6.07) is 13.8. The van der Waals surface area contributed by atoms with E-state index >= 15 is 0 Å². The van der Waals surface area contributed by atoms with Crippen molar-refractivity contribution < 1.29 is 14.7 Å². The van der Waals surface area contributed by atoms with Gasteiger partial charge in [0.25, 0.3) is 5.91 Å². The van der Waals surface area contributed by atoms with Gasteiger partial charge < -0.3 is 15.2 Å². The molecule has 1 saturated heterocycles. The van der Waals surface area contributed by atoms with E-state index in [1.165, 1.54) is 6.07 Å². The highest BCUT2D eigenvalue weighted by Crippen LogP contribution is 2.29. The highest BCUT2D eigenvalue weighted by Gasteiger charge is 2.24. The van der Waals surface area contributed by atoms with E-state index in [1.54, 1.807) is 24.3 Å². The molecule has 1 aliphatic heterocycles. The number of thioether (sulfide) groups is 1. The van der Waals surface area contributed by atoms with Gasteiger partial charge in [-0.05, 0) is 41.6 Å². The number of para-hydroxylation sites is 1. The fourth-order valence-electron chi connectivity index (χ4n) is 2.04. The number of aromatic carboxylic acids is 1. The van der Waals surface area contributed by atoms with Gasteiger partial charge in [0.05, 0.1) is 16.6 Å². The maximum Gasteiger partial charge on any atom is 0.264 e. The highest BCUT2D eigenvalue weighted by molar-refractivity contribution is 9.10. The van der Waals surface area contributed by atoms with E-state index in [1.807, 2.05) is 24.3 Å². The summed E-state index contributed by atoms with van der Waals surface area (Å²) in [6.45, 7) is 0. The zero-order valence-corrected chi connectivity index (χ0v) is 14.6. The standard InChI is InChI=1S/C17H11BrN2O3S/c18-11-7-5-10(6-8-11)9-14-15(21)20-17(24-14)19-13-4-2-1-3-12(13)16(22)23/h1-9H,(H,22,23)(H,19,20,21)/p-1/b14-9-. The number of amidine groups is 1. The van der Waals surface area contributed by atoms with Crippen molar-refractivity contribution in [1.82, 2.24) is 5.32 Å². The third-order valence-electron chi connectivity index (χ3n) is 3.16. The maximum atomic E-state index is 12.0. The second kappa shape index (κ2) is 7.02. The molecule has 2 aromatic carbocycles. The molecule has 1 fully saturated rings. The molecule has 24 heavy (non-hydrogen) atoms. The largest absolute Gasteiger partial charge is 0.545 e. The van der Waals surface area contributed by atoms with E-state index in [4.69, 9.17) is 0 Å². The van der Waals surface area contributed by atoms with Crippen LogP contribution in [-0.4, -0.2) is 17.0 Å². The third-order valence-corrected chi connectivity index (χ3v) is 4.60. The predicted octanol–water partition coefficient (Wildman–Crippen LogP) is 2.70. The predicted molar refractivity (Wildman–Crippen MR) is 95.7 cm³/mol. The Morgan fingerprint density at radius 3 is 2.58 bits per heavy atom. The van der Waals surface area contributed by atoms with Gasteiger partial charge in [0, 0.05) is 10.0 Å². The van der Waals surface area contributed by atoms with Gasteiger partial charge in [0.15, 0.2) is 5.17 Å². The van der Waals surface area contributed by atoms with Crippen LogP contribution in [0.4, 0.5) is 5.69 Å². The summed E-state index contributed by atoms with van der Waals surface area (Å²) in [5, 5.41) is 14.1. The molecule has 0 aliphatic carbocycles. The Labute approximate surface area is 150 Å². The van der Waals surface area contributed by atoms with Crippen molar-refractivity contribution in [2.75, 3.05) is 0 Å². The smallest absolute Gasteiger partial charge is 0.264 e. The molecule has 0 radical (unpaired) electrons. The lowest BCUT2D eigenvalue weighted by atomic mass is 10.2. The SMILES string of the molecule is O=C1NC(=Nc2ccccc2C(=O)[O-])S/C1=C\c1ccc(Br)cc1. The number of carbonyl (C=O) groups excluding carboxylic acids is 2. The van der Waals surface area contributed by atoms with Crippen molar-refractivity contribution in [1.29, 1.82) is 0 Å². The lowest BCUT2D eigenvalue weighted by Gasteiger charge is -2.06. The topological polar surface area (TPSA) is 81.6 Å². The Bertz CT molecular complexity index is 876. The second-order valence-electron chi connectivity index (χ2n) is 4.84. The Morgan fingerprint density at radius 2 is 1.88 bits per heavy atom. The molecule has 0 spiro atoms. The minimum Gasteiger partial charge on any atom is -0.545 e. The van der Waals surface area contributed by atoms with Gasteiger partial charge in [0.1, 0.15) is 0 Å². The van der Waals surface area contributed by atoms with Gasteiger partial charge in [-0.1, -0.05) is 46.3 Å². The average molecular weight is 402 g/mol. The minimum absolute atomic E-state index is 0.0230. The molecule has 1 aliphatic rings. The molecule has 0 saturated carbocycles. The van der Waals surface area contributed by atoms with Crippen molar-refractivity contribution in [2.45, 2.75) is 0 Å². The van der Waals surface area contributed by atoms with E-state index in [9.17, 15) is 14.7 Å². The van der Waals surface area contributed by atoms with Gasteiger partial charge in [0.2, 0.25) is 0 Å². The maximum absolute atomic E-state index is 12.0. The number of benzene rings is 2. The number of halogens is 1. The third kappa shape index (κ3) is 3.74. The number of carboxylic acid groups (broad SMARTS) is 1. The summed E-state index contributed by atoms with van der Waals surface area (Å²) in [4.78, 5) is 27.9.